The lowest BCUT2D eigenvalue weighted by atomic mass is 10.2. The number of rotatable bonds is 5. The van der Waals surface area contributed by atoms with Gasteiger partial charge >= 0.3 is 0 Å². The summed E-state index contributed by atoms with van der Waals surface area (Å²) in [6.07, 6.45) is 0. The number of nitrogen functional groups attached to an aromatic ring is 2. The van der Waals surface area contributed by atoms with Crippen molar-refractivity contribution in [3.05, 3.63) is 35.1 Å². The van der Waals surface area contributed by atoms with Gasteiger partial charge in [-0.15, -0.1) is 10.2 Å². The van der Waals surface area contributed by atoms with E-state index in [1.54, 1.807) is 0 Å². The van der Waals surface area contributed by atoms with Crippen LogP contribution in [0.5, 0.6) is 0 Å². The van der Waals surface area contributed by atoms with E-state index in [1.165, 1.54) is 11.8 Å². The van der Waals surface area contributed by atoms with Gasteiger partial charge in [0.05, 0.1) is 5.75 Å². The minimum atomic E-state index is 0.106. The molecule has 0 fully saturated rings. The molecule has 2 aromatic heterocycles. The highest BCUT2D eigenvalue weighted by Crippen LogP contribution is 2.27. The Morgan fingerprint density at radius 3 is 2.54 bits per heavy atom. The summed E-state index contributed by atoms with van der Waals surface area (Å²) >= 11 is 7.51. The zero-order valence-electron chi connectivity index (χ0n) is 12.8. The number of thioether (sulfide) groups is 1. The second-order valence-corrected chi connectivity index (χ2v) is 6.20. The van der Waals surface area contributed by atoms with Gasteiger partial charge in [-0.05, 0) is 19.1 Å². The Bertz CT molecular complexity index is 845. The first-order valence-electron chi connectivity index (χ1n) is 7.14. The summed E-state index contributed by atoms with van der Waals surface area (Å²) in [4.78, 5) is 11.9. The Morgan fingerprint density at radius 1 is 1.12 bits per heavy atom. The number of nitrogens with zero attached hydrogens (tertiary/aromatic N) is 6. The minimum absolute atomic E-state index is 0.106. The topological polar surface area (TPSA) is 121 Å². The van der Waals surface area contributed by atoms with Crippen LogP contribution in [0.2, 0.25) is 5.02 Å². The molecule has 0 amide bonds. The fraction of sp³-hybridized carbons (Fsp3) is 0.214. The zero-order chi connectivity index (χ0) is 17.1. The zero-order valence-corrected chi connectivity index (χ0v) is 14.4. The SMILES string of the molecule is CCn1c(SCc2nc(N)nc(N)n2)nnc1-c1cccc(Cl)c1. The first-order chi connectivity index (χ1) is 11.6. The van der Waals surface area contributed by atoms with Crippen molar-refractivity contribution in [2.45, 2.75) is 24.4 Å². The smallest absolute Gasteiger partial charge is 0.225 e. The molecule has 1 aromatic carbocycles. The van der Waals surface area contributed by atoms with E-state index < -0.39 is 0 Å². The monoisotopic (exact) mass is 362 g/mol. The Morgan fingerprint density at radius 2 is 1.88 bits per heavy atom. The molecule has 2 heterocycles. The number of hydrogen-bond donors (Lipinski definition) is 2. The van der Waals surface area contributed by atoms with Gasteiger partial charge in [0.15, 0.2) is 11.0 Å². The molecular formula is C14H15ClN8S. The molecule has 0 spiro atoms. The first kappa shape index (κ1) is 16.5. The van der Waals surface area contributed by atoms with Gasteiger partial charge in [0, 0.05) is 17.1 Å². The second-order valence-electron chi connectivity index (χ2n) is 4.82. The van der Waals surface area contributed by atoms with Crippen LogP contribution in [-0.4, -0.2) is 29.7 Å². The van der Waals surface area contributed by atoms with Gasteiger partial charge in [0.25, 0.3) is 0 Å². The summed E-state index contributed by atoms with van der Waals surface area (Å²) in [5.41, 5.74) is 12.1. The Labute approximate surface area is 147 Å². The fourth-order valence-corrected chi connectivity index (χ4v) is 3.22. The summed E-state index contributed by atoms with van der Waals surface area (Å²) in [5, 5.41) is 9.94. The van der Waals surface area contributed by atoms with Crippen LogP contribution in [-0.2, 0) is 12.3 Å². The Hall–Kier alpha value is -2.39. The third-order valence-electron chi connectivity index (χ3n) is 3.16. The van der Waals surface area contributed by atoms with Crippen LogP contribution in [0.15, 0.2) is 29.4 Å². The van der Waals surface area contributed by atoms with Crippen molar-refractivity contribution in [3.63, 3.8) is 0 Å². The lowest BCUT2D eigenvalue weighted by Gasteiger charge is -2.07. The van der Waals surface area contributed by atoms with Gasteiger partial charge in [-0.25, -0.2) is 0 Å². The predicted octanol–water partition coefficient (Wildman–Crippen LogP) is 2.26. The van der Waals surface area contributed by atoms with Crippen molar-refractivity contribution < 1.29 is 0 Å². The van der Waals surface area contributed by atoms with Gasteiger partial charge in [0.2, 0.25) is 11.9 Å². The molecule has 0 bridgehead atoms. The quantitative estimate of drug-likeness (QED) is 0.663. The average Bonchev–Trinajstić information content (AvgIpc) is 2.95. The molecule has 0 aliphatic rings. The van der Waals surface area contributed by atoms with E-state index in [0.717, 1.165) is 23.1 Å². The van der Waals surface area contributed by atoms with E-state index in [0.29, 0.717) is 16.6 Å². The highest BCUT2D eigenvalue weighted by molar-refractivity contribution is 7.98. The molecule has 0 aliphatic carbocycles. The van der Waals surface area contributed by atoms with Crippen molar-refractivity contribution in [2.24, 2.45) is 0 Å². The molecule has 0 unspecified atom stereocenters. The maximum Gasteiger partial charge on any atom is 0.225 e. The minimum Gasteiger partial charge on any atom is -0.368 e. The van der Waals surface area contributed by atoms with Crippen LogP contribution >= 0.6 is 23.4 Å². The van der Waals surface area contributed by atoms with Gasteiger partial charge in [-0.1, -0.05) is 35.5 Å². The Balaban J connectivity index is 1.84. The molecule has 8 nitrogen and oxygen atoms in total. The molecule has 10 heteroatoms. The average molecular weight is 363 g/mol. The van der Waals surface area contributed by atoms with Crippen LogP contribution < -0.4 is 11.5 Å². The second kappa shape index (κ2) is 7.02. The summed E-state index contributed by atoms with van der Waals surface area (Å²) in [5.74, 6) is 1.94. The maximum atomic E-state index is 6.06. The van der Waals surface area contributed by atoms with Gasteiger partial charge in [0.1, 0.15) is 5.82 Å². The van der Waals surface area contributed by atoms with Crippen LogP contribution in [0, 0.1) is 0 Å². The summed E-state index contributed by atoms with van der Waals surface area (Å²) < 4.78 is 2.00. The van der Waals surface area contributed by atoms with E-state index >= 15 is 0 Å². The van der Waals surface area contributed by atoms with Gasteiger partial charge in [-0.3, -0.25) is 0 Å². The van der Waals surface area contributed by atoms with Crippen molar-refractivity contribution in [2.75, 3.05) is 11.5 Å². The number of nitrogens with two attached hydrogens (primary N) is 2. The number of hydrogen-bond acceptors (Lipinski definition) is 8. The molecule has 4 N–H and O–H groups in total. The fourth-order valence-electron chi connectivity index (χ4n) is 2.17. The summed E-state index contributed by atoms with van der Waals surface area (Å²) in [7, 11) is 0. The van der Waals surface area contributed by atoms with Crippen LogP contribution in [0.1, 0.15) is 12.7 Å². The highest BCUT2D eigenvalue weighted by atomic mass is 35.5. The summed E-state index contributed by atoms with van der Waals surface area (Å²) in [6.45, 7) is 2.75. The number of benzene rings is 1. The highest BCUT2D eigenvalue weighted by Gasteiger charge is 2.14. The van der Waals surface area contributed by atoms with Crippen molar-refractivity contribution >= 4 is 35.3 Å². The molecule has 0 aliphatic heterocycles. The molecule has 3 aromatic rings. The molecule has 0 saturated carbocycles. The van der Waals surface area contributed by atoms with Crippen molar-refractivity contribution in [1.29, 1.82) is 0 Å². The number of aromatic nitrogens is 6. The molecule has 124 valence electrons. The standard InChI is InChI=1S/C14H15ClN8S/c1-2-23-11(8-4-3-5-9(15)6-8)21-22-14(23)24-7-10-18-12(16)20-13(17)19-10/h3-6H,2,7H2,1H3,(H4,16,17,18,19,20). The van der Waals surface area contributed by atoms with Crippen molar-refractivity contribution in [3.8, 4) is 11.4 Å². The predicted molar refractivity (Wildman–Crippen MR) is 94.4 cm³/mol. The molecule has 3 rings (SSSR count). The van der Waals surface area contributed by atoms with Crippen LogP contribution in [0.25, 0.3) is 11.4 Å². The van der Waals surface area contributed by atoms with E-state index in [9.17, 15) is 0 Å². The molecule has 0 saturated heterocycles. The van der Waals surface area contributed by atoms with Crippen molar-refractivity contribution in [1.82, 2.24) is 29.7 Å². The third-order valence-corrected chi connectivity index (χ3v) is 4.36. The lowest BCUT2D eigenvalue weighted by Crippen LogP contribution is -2.06. The van der Waals surface area contributed by atoms with Crippen LogP contribution in [0.3, 0.4) is 0 Å². The molecule has 24 heavy (non-hydrogen) atoms. The third kappa shape index (κ3) is 3.57. The molecule has 0 atom stereocenters. The van der Waals surface area contributed by atoms with Gasteiger partial charge < -0.3 is 16.0 Å². The van der Waals surface area contributed by atoms with E-state index in [2.05, 4.69) is 25.1 Å². The molecule has 0 radical (unpaired) electrons. The lowest BCUT2D eigenvalue weighted by molar-refractivity contribution is 0.687. The number of anilines is 2. The molecular weight excluding hydrogens is 348 g/mol. The maximum absolute atomic E-state index is 6.06. The van der Waals surface area contributed by atoms with Gasteiger partial charge in [-0.2, -0.15) is 15.0 Å². The first-order valence-corrected chi connectivity index (χ1v) is 8.51. The van der Waals surface area contributed by atoms with E-state index in [4.69, 9.17) is 23.1 Å². The normalized spacial score (nSPS) is 10.9. The van der Waals surface area contributed by atoms with E-state index in [1.807, 2.05) is 35.8 Å². The largest absolute Gasteiger partial charge is 0.368 e. The Kier molecular flexibility index (Phi) is 4.81. The van der Waals surface area contributed by atoms with Crippen LogP contribution in [0.4, 0.5) is 11.9 Å². The number of halogens is 1. The summed E-state index contributed by atoms with van der Waals surface area (Å²) in [6, 6.07) is 7.52. The van der Waals surface area contributed by atoms with E-state index in [-0.39, 0.29) is 11.9 Å².